The third kappa shape index (κ3) is 6.51. The number of nitrogens with one attached hydrogen (secondary N) is 2. The Morgan fingerprint density at radius 3 is 2.57 bits per heavy atom. The van der Waals surface area contributed by atoms with Gasteiger partial charge in [0, 0.05) is 28.8 Å². The largest absolute Gasteiger partial charge is 0.493 e. The Kier molecular flexibility index (Phi) is 8.87. The van der Waals surface area contributed by atoms with E-state index in [9.17, 15) is 19.1 Å². The summed E-state index contributed by atoms with van der Waals surface area (Å²) in [4.78, 5) is 30.9. The first kappa shape index (κ1) is 27.1. The van der Waals surface area contributed by atoms with Crippen LogP contribution in [0.25, 0.3) is 11.3 Å². The summed E-state index contributed by atoms with van der Waals surface area (Å²) in [5, 5.41) is 13.5. The lowest BCUT2D eigenvalue weighted by molar-refractivity contribution is -0.120. The maximum Gasteiger partial charge on any atom is 0.329 e. The van der Waals surface area contributed by atoms with Gasteiger partial charge in [0.25, 0.3) is 0 Å². The number of benzene rings is 2. The number of halogens is 2. The summed E-state index contributed by atoms with van der Waals surface area (Å²) in [6.45, 7) is 8.07. The molecule has 9 nitrogen and oxygen atoms in total. The first-order valence-electron chi connectivity index (χ1n) is 12.1. The van der Waals surface area contributed by atoms with Crippen LogP contribution in [0.5, 0.6) is 11.6 Å². The number of imidazole rings is 1. The fourth-order valence-corrected chi connectivity index (χ4v) is 4.70. The Labute approximate surface area is 227 Å². The topological polar surface area (TPSA) is 109 Å². The molecular weight excluding hydrogens is 594 g/mol. The van der Waals surface area contributed by atoms with Gasteiger partial charge in [0.05, 0.1) is 18.9 Å². The fraction of sp³-hybridized carbons (Fsp3) is 0.385. The highest BCUT2D eigenvalue weighted by Gasteiger charge is 2.31. The molecule has 0 bridgehead atoms. The van der Waals surface area contributed by atoms with Gasteiger partial charge in [-0.05, 0) is 71.0 Å². The smallest absolute Gasteiger partial charge is 0.329 e. The molecule has 198 valence electrons. The number of nitrogens with zero attached hydrogens (tertiary/aromatic N) is 2. The average Bonchev–Trinajstić information content (AvgIpc) is 3.16. The van der Waals surface area contributed by atoms with Gasteiger partial charge in [-0.2, -0.15) is 0 Å². The zero-order valence-electron chi connectivity index (χ0n) is 20.7. The monoisotopic (exact) mass is 624 g/mol. The van der Waals surface area contributed by atoms with E-state index in [0.717, 1.165) is 37.4 Å². The van der Waals surface area contributed by atoms with Gasteiger partial charge in [-0.25, -0.2) is 13.8 Å². The second kappa shape index (κ2) is 12.1. The van der Waals surface area contributed by atoms with E-state index in [0.29, 0.717) is 21.5 Å². The number of hydrogen-bond acceptors (Lipinski definition) is 6. The van der Waals surface area contributed by atoms with Crippen LogP contribution in [-0.4, -0.2) is 64.9 Å². The highest BCUT2D eigenvalue weighted by molar-refractivity contribution is 14.1. The minimum Gasteiger partial charge on any atom is -0.493 e. The molecule has 1 atom stereocenters. The summed E-state index contributed by atoms with van der Waals surface area (Å²) >= 11 is 1.97. The number of morpholine rings is 1. The maximum atomic E-state index is 14.3. The average molecular weight is 624 g/mol. The number of rotatable bonds is 9. The van der Waals surface area contributed by atoms with Crippen LogP contribution in [0.1, 0.15) is 19.9 Å². The minimum atomic E-state index is -1.07. The molecule has 1 aromatic heterocycles. The molecule has 0 unspecified atom stereocenters. The van der Waals surface area contributed by atoms with Crippen LogP contribution in [0.4, 0.5) is 10.1 Å². The number of amides is 1. The van der Waals surface area contributed by atoms with Crippen molar-refractivity contribution in [3.8, 4) is 22.9 Å². The summed E-state index contributed by atoms with van der Waals surface area (Å²) in [6, 6.07) is 10.3. The Balaban J connectivity index is 1.49. The predicted molar refractivity (Wildman–Crippen MR) is 147 cm³/mol. The van der Waals surface area contributed by atoms with Crippen LogP contribution in [-0.2, 0) is 9.53 Å². The standard InChI is InChI=1S/C26H30FIN4O5/c1-16(2)23(24(33)29-21-8-5-18(28)15-20(21)27)32-25(34)22(30-26(32)35)17-3-6-19(7-4-17)37-14-11-31-9-12-36-13-10-31/h3-8,15-16,23,34H,9-14H2,1-2H3,(H,29,33)(H,30,35)/t23-/m0/s1. The summed E-state index contributed by atoms with van der Waals surface area (Å²) in [5.74, 6) is -1.27. The Hall–Kier alpha value is -2.90. The van der Waals surface area contributed by atoms with Crippen molar-refractivity contribution < 1.29 is 23.8 Å². The number of carbonyl (C=O) groups is 1. The van der Waals surface area contributed by atoms with E-state index < -0.39 is 23.5 Å². The summed E-state index contributed by atoms with van der Waals surface area (Å²) in [5.41, 5.74) is 0.100. The first-order chi connectivity index (χ1) is 17.7. The van der Waals surface area contributed by atoms with Crippen LogP contribution in [0.15, 0.2) is 47.3 Å². The fourth-order valence-electron chi connectivity index (χ4n) is 4.25. The van der Waals surface area contributed by atoms with Gasteiger partial charge in [-0.15, -0.1) is 0 Å². The number of aromatic hydroxyl groups is 1. The predicted octanol–water partition coefficient (Wildman–Crippen LogP) is 3.84. The van der Waals surface area contributed by atoms with Crippen molar-refractivity contribution in [3.05, 3.63) is 62.3 Å². The molecule has 1 aliphatic heterocycles. The number of ether oxygens (including phenoxy) is 2. The van der Waals surface area contributed by atoms with Crippen molar-refractivity contribution in [1.29, 1.82) is 0 Å². The van der Waals surface area contributed by atoms with E-state index in [2.05, 4.69) is 15.2 Å². The van der Waals surface area contributed by atoms with Gasteiger partial charge in [-0.1, -0.05) is 13.8 Å². The second-order valence-corrected chi connectivity index (χ2v) is 10.4. The lowest BCUT2D eigenvalue weighted by atomic mass is 10.0. The molecule has 0 saturated carbocycles. The van der Waals surface area contributed by atoms with E-state index in [1.165, 1.54) is 12.1 Å². The van der Waals surface area contributed by atoms with Crippen molar-refractivity contribution in [1.82, 2.24) is 14.5 Å². The lowest BCUT2D eigenvalue weighted by Gasteiger charge is -2.26. The van der Waals surface area contributed by atoms with Gasteiger partial charge >= 0.3 is 5.69 Å². The molecule has 1 saturated heterocycles. The molecule has 37 heavy (non-hydrogen) atoms. The second-order valence-electron chi connectivity index (χ2n) is 9.13. The highest BCUT2D eigenvalue weighted by atomic mass is 127. The third-order valence-corrected chi connectivity index (χ3v) is 6.86. The van der Waals surface area contributed by atoms with E-state index in [1.807, 2.05) is 22.6 Å². The van der Waals surface area contributed by atoms with E-state index >= 15 is 0 Å². The lowest BCUT2D eigenvalue weighted by Crippen LogP contribution is -2.38. The molecule has 1 aliphatic rings. The van der Waals surface area contributed by atoms with E-state index in [4.69, 9.17) is 9.47 Å². The summed E-state index contributed by atoms with van der Waals surface area (Å²) in [6.07, 6.45) is 0. The number of hydrogen-bond donors (Lipinski definition) is 3. The molecule has 3 N–H and O–H groups in total. The zero-order valence-corrected chi connectivity index (χ0v) is 22.8. The highest BCUT2D eigenvalue weighted by Crippen LogP contribution is 2.32. The third-order valence-electron chi connectivity index (χ3n) is 6.19. The molecule has 11 heteroatoms. The first-order valence-corrected chi connectivity index (χ1v) is 13.1. The molecule has 2 aromatic carbocycles. The molecule has 1 fully saturated rings. The number of H-pyrrole nitrogens is 1. The van der Waals surface area contributed by atoms with Gasteiger partial charge in [-0.3, -0.25) is 9.69 Å². The zero-order chi connectivity index (χ0) is 26.5. The molecule has 0 spiro atoms. The van der Waals surface area contributed by atoms with Crippen molar-refractivity contribution in [2.45, 2.75) is 19.9 Å². The molecule has 3 aromatic rings. The Bertz CT molecular complexity index is 1290. The van der Waals surface area contributed by atoms with E-state index in [1.54, 1.807) is 44.2 Å². The quantitative estimate of drug-likeness (QED) is 0.313. The number of carbonyl (C=O) groups excluding carboxylic acids is 1. The summed E-state index contributed by atoms with van der Waals surface area (Å²) < 4.78 is 27.2. The molecule has 2 heterocycles. The molecule has 4 rings (SSSR count). The molecular formula is C26H30FIN4O5. The molecule has 0 radical (unpaired) electrons. The number of aromatic amines is 1. The van der Waals surface area contributed by atoms with Crippen molar-refractivity contribution in [2.75, 3.05) is 44.8 Å². The number of anilines is 1. The van der Waals surface area contributed by atoms with Crippen molar-refractivity contribution in [2.24, 2.45) is 5.92 Å². The van der Waals surface area contributed by atoms with Crippen molar-refractivity contribution in [3.63, 3.8) is 0 Å². The summed E-state index contributed by atoms with van der Waals surface area (Å²) in [7, 11) is 0. The number of aromatic nitrogens is 2. The van der Waals surface area contributed by atoms with Crippen molar-refractivity contribution >= 4 is 34.2 Å². The Morgan fingerprint density at radius 2 is 1.92 bits per heavy atom. The SMILES string of the molecule is CC(C)[C@@H](C(=O)Nc1ccc(I)cc1F)n1c(O)c(-c2ccc(OCCN3CCOCC3)cc2)[nH]c1=O. The van der Waals surface area contributed by atoms with Gasteiger partial charge in [0.15, 0.2) is 0 Å². The van der Waals surface area contributed by atoms with E-state index in [-0.39, 0.29) is 23.2 Å². The normalized spacial score (nSPS) is 15.1. The van der Waals surface area contributed by atoms with Crippen LogP contribution in [0.3, 0.4) is 0 Å². The van der Waals surface area contributed by atoms with Gasteiger partial charge in [0.1, 0.15) is 29.9 Å². The van der Waals surface area contributed by atoms with Crippen LogP contribution in [0, 0.1) is 15.3 Å². The minimum absolute atomic E-state index is 0.00331. The Morgan fingerprint density at radius 1 is 1.22 bits per heavy atom. The maximum absolute atomic E-state index is 14.3. The van der Waals surface area contributed by atoms with Gasteiger partial charge < -0.3 is 24.9 Å². The van der Waals surface area contributed by atoms with Crippen LogP contribution >= 0.6 is 22.6 Å². The van der Waals surface area contributed by atoms with Crippen LogP contribution in [0.2, 0.25) is 0 Å². The molecule has 0 aliphatic carbocycles. The van der Waals surface area contributed by atoms with Gasteiger partial charge in [0.2, 0.25) is 11.8 Å². The van der Waals surface area contributed by atoms with Crippen LogP contribution < -0.4 is 15.7 Å². The molecule has 1 amide bonds.